The molecule has 0 spiro atoms. The number of methoxy groups -OCH3 is 1. The van der Waals surface area contributed by atoms with Crippen LogP contribution in [0.25, 0.3) is 11.0 Å². The number of fused-ring (bicyclic) bond motifs is 1. The summed E-state index contributed by atoms with van der Waals surface area (Å²) in [6.45, 7) is 5.21. The largest absolute Gasteiger partial charge is 0.493 e. The highest BCUT2D eigenvalue weighted by Crippen LogP contribution is 2.25. The van der Waals surface area contributed by atoms with Crippen molar-refractivity contribution in [1.82, 2.24) is 0 Å². The molecule has 0 unspecified atom stereocenters. The quantitative estimate of drug-likeness (QED) is 0.525. The summed E-state index contributed by atoms with van der Waals surface area (Å²) in [5.41, 5.74) is 2.66. The molecule has 0 bridgehead atoms. The van der Waals surface area contributed by atoms with E-state index in [9.17, 15) is 14.4 Å². The van der Waals surface area contributed by atoms with Gasteiger partial charge in [0.05, 0.1) is 7.11 Å². The van der Waals surface area contributed by atoms with Crippen LogP contribution in [-0.4, -0.2) is 25.6 Å². The first-order chi connectivity index (χ1) is 13.8. The number of nitrogens with one attached hydrogen (secondary N) is 1. The van der Waals surface area contributed by atoms with E-state index in [4.69, 9.17) is 13.9 Å². The molecule has 2 aromatic carbocycles. The predicted molar refractivity (Wildman–Crippen MR) is 109 cm³/mol. The molecule has 0 radical (unpaired) electrons. The Morgan fingerprint density at radius 2 is 1.76 bits per heavy atom. The lowest BCUT2D eigenvalue weighted by Crippen LogP contribution is -2.24. The number of para-hydroxylation sites is 1. The number of aryl methyl sites for hydroxylation is 3. The molecule has 0 atom stereocenters. The second-order valence-corrected chi connectivity index (χ2v) is 6.72. The van der Waals surface area contributed by atoms with Gasteiger partial charge in [-0.25, -0.2) is 9.59 Å². The Kier molecular flexibility index (Phi) is 5.68. The van der Waals surface area contributed by atoms with Crippen molar-refractivity contribution in [3.05, 3.63) is 69.1 Å². The van der Waals surface area contributed by atoms with Gasteiger partial charge in [0.1, 0.15) is 5.56 Å². The zero-order valence-electron chi connectivity index (χ0n) is 16.6. The second kappa shape index (κ2) is 8.18. The van der Waals surface area contributed by atoms with Crippen LogP contribution in [0.3, 0.4) is 0 Å². The number of ether oxygens (including phenoxy) is 2. The molecular weight excluding hydrogens is 374 g/mol. The van der Waals surface area contributed by atoms with Crippen LogP contribution in [0.4, 0.5) is 5.69 Å². The van der Waals surface area contributed by atoms with Crippen LogP contribution in [0.1, 0.15) is 27.0 Å². The predicted octanol–water partition coefficient (Wildman–Crippen LogP) is 3.52. The van der Waals surface area contributed by atoms with Gasteiger partial charge >= 0.3 is 11.6 Å². The van der Waals surface area contributed by atoms with Crippen LogP contribution in [-0.2, 0) is 9.53 Å². The molecule has 0 saturated heterocycles. The van der Waals surface area contributed by atoms with Gasteiger partial charge in [0.25, 0.3) is 5.91 Å². The molecule has 3 rings (SSSR count). The molecule has 1 aromatic heterocycles. The van der Waals surface area contributed by atoms with Gasteiger partial charge in [-0.15, -0.1) is 0 Å². The molecule has 0 aliphatic heterocycles. The van der Waals surface area contributed by atoms with E-state index in [2.05, 4.69) is 5.32 Å². The second-order valence-electron chi connectivity index (χ2n) is 6.72. The standard InChI is InChI=1S/C22H21NO6/c1-12-8-13(2)19(14(3)9-12)23-18(24)11-28-21(25)16-10-15-6-5-7-17(27-4)20(15)29-22(16)26/h5-10H,11H2,1-4H3,(H,23,24). The van der Waals surface area contributed by atoms with Gasteiger partial charge in [-0.2, -0.15) is 0 Å². The maximum Gasteiger partial charge on any atom is 0.351 e. The minimum absolute atomic E-state index is 0.236. The van der Waals surface area contributed by atoms with Crippen LogP contribution >= 0.6 is 0 Å². The summed E-state index contributed by atoms with van der Waals surface area (Å²) in [6, 6.07) is 10.3. The number of esters is 1. The van der Waals surface area contributed by atoms with Gasteiger partial charge in [0, 0.05) is 11.1 Å². The van der Waals surface area contributed by atoms with Crippen LogP contribution in [0.2, 0.25) is 0 Å². The normalized spacial score (nSPS) is 10.6. The third kappa shape index (κ3) is 4.29. The Morgan fingerprint density at radius 1 is 1.07 bits per heavy atom. The fraction of sp³-hybridized carbons (Fsp3) is 0.227. The zero-order valence-corrected chi connectivity index (χ0v) is 16.6. The first kappa shape index (κ1) is 20.1. The number of carbonyl (C=O) groups is 2. The van der Waals surface area contributed by atoms with Crippen molar-refractivity contribution in [3.8, 4) is 5.75 Å². The number of carbonyl (C=O) groups excluding carboxylic acids is 2. The number of rotatable bonds is 5. The maximum absolute atomic E-state index is 12.3. The average Bonchev–Trinajstić information content (AvgIpc) is 2.67. The number of hydrogen-bond acceptors (Lipinski definition) is 6. The van der Waals surface area contributed by atoms with E-state index in [1.54, 1.807) is 18.2 Å². The summed E-state index contributed by atoms with van der Waals surface area (Å²) in [7, 11) is 1.45. The van der Waals surface area contributed by atoms with E-state index in [0.29, 0.717) is 16.8 Å². The molecule has 0 saturated carbocycles. The maximum atomic E-state index is 12.3. The Labute approximate surface area is 167 Å². The topological polar surface area (TPSA) is 94.8 Å². The summed E-state index contributed by atoms with van der Waals surface area (Å²) >= 11 is 0. The molecule has 0 fully saturated rings. The van der Waals surface area contributed by atoms with Gasteiger partial charge in [-0.05, 0) is 44.0 Å². The van der Waals surface area contributed by atoms with Gasteiger partial charge < -0.3 is 19.2 Å². The van der Waals surface area contributed by atoms with E-state index < -0.39 is 24.1 Å². The summed E-state index contributed by atoms with van der Waals surface area (Å²) in [4.78, 5) is 36.7. The first-order valence-corrected chi connectivity index (χ1v) is 8.96. The molecule has 7 nitrogen and oxygen atoms in total. The lowest BCUT2D eigenvalue weighted by Gasteiger charge is -2.13. The van der Waals surface area contributed by atoms with Crippen molar-refractivity contribution in [2.45, 2.75) is 20.8 Å². The van der Waals surface area contributed by atoms with Crippen LogP contribution in [0.5, 0.6) is 5.75 Å². The average molecular weight is 395 g/mol. The first-order valence-electron chi connectivity index (χ1n) is 8.96. The van der Waals surface area contributed by atoms with Crippen molar-refractivity contribution in [2.24, 2.45) is 0 Å². The molecule has 1 heterocycles. The van der Waals surface area contributed by atoms with E-state index >= 15 is 0 Å². The highest BCUT2D eigenvalue weighted by Gasteiger charge is 2.18. The Morgan fingerprint density at radius 3 is 2.41 bits per heavy atom. The molecule has 0 aliphatic rings. The zero-order chi connectivity index (χ0) is 21.1. The lowest BCUT2D eigenvalue weighted by molar-refractivity contribution is -0.119. The van der Waals surface area contributed by atoms with Crippen LogP contribution < -0.4 is 15.7 Å². The lowest BCUT2D eigenvalue weighted by atomic mass is 10.1. The Bertz CT molecular complexity index is 1140. The molecule has 1 amide bonds. The van der Waals surface area contributed by atoms with Crippen LogP contribution in [0, 0.1) is 20.8 Å². The molecule has 150 valence electrons. The van der Waals surface area contributed by atoms with E-state index in [0.717, 1.165) is 16.7 Å². The molecular formula is C22H21NO6. The number of amides is 1. The van der Waals surface area contributed by atoms with Crippen molar-refractivity contribution in [1.29, 1.82) is 0 Å². The SMILES string of the molecule is COc1cccc2cc(C(=O)OCC(=O)Nc3c(C)cc(C)cc3C)c(=O)oc12. The summed E-state index contributed by atoms with van der Waals surface area (Å²) in [6.07, 6.45) is 0. The number of anilines is 1. The summed E-state index contributed by atoms with van der Waals surface area (Å²) in [5, 5.41) is 3.24. The van der Waals surface area contributed by atoms with Gasteiger partial charge in [0.2, 0.25) is 0 Å². The van der Waals surface area contributed by atoms with Gasteiger partial charge in [-0.1, -0.05) is 29.8 Å². The van der Waals surface area contributed by atoms with Crippen molar-refractivity contribution < 1.29 is 23.5 Å². The number of benzene rings is 2. The van der Waals surface area contributed by atoms with Crippen molar-refractivity contribution in [3.63, 3.8) is 0 Å². The van der Waals surface area contributed by atoms with Gasteiger partial charge in [0.15, 0.2) is 17.9 Å². The fourth-order valence-electron chi connectivity index (χ4n) is 3.18. The molecule has 1 N–H and O–H groups in total. The Balaban J connectivity index is 1.73. The number of hydrogen-bond donors (Lipinski definition) is 1. The third-order valence-electron chi connectivity index (χ3n) is 4.44. The minimum atomic E-state index is -0.934. The van der Waals surface area contributed by atoms with E-state index in [1.807, 2.05) is 32.9 Å². The minimum Gasteiger partial charge on any atom is -0.493 e. The molecule has 0 aliphatic carbocycles. The van der Waals surface area contributed by atoms with Crippen molar-refractivity contribution >= 4 is 28.5 Å². The highest BCUT2D eigenvalue weighted by atomic mass is 16.5. The summed E-state index contributed by atoms with van der Waals surface area (Å²) in [5.74, 6) is -1.06. The highest BCUT2D eigenvalue weighted by molar-refractivity contribution is 5.97. The monoisotopic (exact) mass is 395 g/mol. The molecule has 7 heteroatoms. The molecule has 29 heavy (non-hydrogen) atoms. The van der Waals surface area contributed by atoms with E-state index in [-0.39, 0.29) is 11.1 Å². The molecule has 3 aromatic rings. The summed E-state index contributed by atoms with van der Waals surface area (Å²) < 4.78 is 15.4. The van der Waals surface area contributed by atoms with E-state index in [1.165, 1.54) is 13.2 Å². The fourth-order valence-corrected chi connectivity index (χ4v) is 3.18. The Hall–Kier alpha value is -3.61. The van der Waals surface area contributed by atoms with Gasteiger partial charge in [-0.3, -0.25) is 4.79 Å². The smallest absolute Gasteiger partial charge is 0.351 e. The third-order valence-corrected chi connectivity index (χ3v) is 4.44. The van der Waals surface area contributed by atoms with Crippen LogP contribution in [0.15, 0.2) is 45.6 Å². The van der Waals surface area contributed by atoms with Crippen molar-refractivity contribution in [2.75, 3.05) is 19.0 Å².